The summed E-state index contributed by atoms with van der Waals surface area (Å²) in [6.45, 7) is 7.12. The maximum absolute atomic E-state index is 12.2. The monoisotopic (exact) mass is 340 g/mol. The number of aromatic nitrogens is 2. The summed E-state index contributed by atoms with van der Waals surface area (Å²) >= 11 is 0. The minimum Gasteiger partial charge on any atom is -0.479 e. The Morgan fingerprint density at radius 1 is 1.12 bits per heavy atom. The highest BCUT2D eigenvalue weighted by Crippen LogP contribution is 2.34. The number of hydrogen-bond donors (Lipinski definition) is 1. The van der Waals surface area contributed by atoms with Crippen LogP contribution in [0.15, 0.2) is 0 Å². The van der Waals surface area contributed by atoms with Crippen LogP contribution in [0.4, 0.5) is 11.6 Å². The van der Waals surface area contributed by atoms with Crippen LogP contribution in [-0.4, -0.2) is 57.4 Å². The fourth-order valence-electron chi connectivity index (χ4n) is 1.98. The lowest BCUT2D eigenvalue weighted by atomic mass is 9.92. The zero-order valence-electron chi connectivity index (χ0n) is 15.6. The fraction of sp³-hybridized carbons (Fsp3) is 0.688. The van der Waals surface area contributed by atoms with Crippen molar-refractivity contribution in [2.75, 3.05) is 51.7 Å². The van der Waals surface area contributed by atoms with Crippen LogP contribution >= 0.6 is 0 Å². The van der Waals surface area contributed by atoms with E-state index in [0.717, 1.165) is 0 Å². The third kappa shape index (κ3) is 5.84. The normalized spacial score (nSPS) is 11.1. The number of ether oxygens (including phenoxy) is 3. The van der Waals surface area contributed by atoms with E-state index < -0.39 is 0 Å². The summed E-state index contributed by atoms with van der Waals surface area (Å²) in [5.41, 5.74) is 0.198. The summed E-state index contributed by atoms with van der Waals surface area (Å²) in [4.78, 5) is 22.7. The molecule has 0 bridgehead atoms. The highest BCUT2D eigenvalue weighted by Gasteiger charge is 2.22. The molecule has 136 valence electrons. The van der Waals surface area contributed by atoms with E-state index in [4.69, 9.17) is 14.2 Å². The smallest absolute Gasteiger partial charge is 0.246 e. The van der Waals surface area contributed by atoms with Gasteiger partial charge in [-0.1, -0.05) is 20.8 Å². The van der Waals surface area contributed by atoms with E-state index in [1.165, 1.54) is 14.2 Å². The molecule has 8 nitrogen and oxygen atoms in total. The average molecular weight is 340 g/mol. The van der Waals surface area contributed by atoms with Gasteiger partial charge in [0.15, 0.2) is 5.69 Å². The summed E-state index contributed by atoms with van der Waals surface area (Å²) in [6, 6.07) is 0. The largest absolute Gasteiger partial charge is 0.479 e. The van der Waals surface area contributed by atoms with Gasteiger partial charge in [0, 0.05) is 27.1 Å². The Bertz CT molecular complexity index is 532. The first-order valence-electron chi connectivity index (χ1n) is 7.71. The van der Waals surface area contributed by atoms with Crippen molar-refractivity contribution in [3.8, 4) is 11.8 Å². The molecule has 0 unspecified atom stereocenters. The number of likely N-dealkylation sites (N-methyl/N-ethyl adjacent to an activating group) is 1. The van der Waals surface area contributed by atoms with Crippen LogP contribution in [-0.2, 0) is 9.53 Å². The first-order valence-corrected chi connectivity index (χ1v) is 7.71. The zero-order valence-corrected chi connectivity index (χ0v) is 15.6. The van der Waals surface area contributed by atoms with Gasteiger partial charge in [0.2, 0.25) is 23.6 Å². The summed E-state index contributed by atoms with van der Waals surface area (Å²) in [5, 5.41) is 2.79. The minimum absolute atomic E-state index is 0.133. The van der Waals surface area contributed by atoms with Crippen LogP contribution in [0.5, 0.6) is 11.8 Å². The minimum atomic E-state index is -0.150. The molecule has 0 radical (unpaired) electrons. The standard InChI is InChI=1S/C16H28N4O4/c1-16(2,3)10-11(21)17-12-13(23-6)18-15(19-14(12)24-7)20(4)8-9-22-5/h8-10H2,1-7H3,(H,17,21). The summed E-state index contributed by atoms with van der Waals surface area (Å²) in [6.07, 6.45) is 0.356. The van der Waals surface area contributed by atoms with Gasteiger partial charge >= 0.3 is 0 Å². The average Bonchev–Trinajstić information content (AvgIpc) is 2.50. The summed E-state index contributed by atoms with van der Waals surface area (Å²) < 4.78 is 15.7. The van der Waals surface area contributed by atoms with Crippen LogP contribution in [0.2, 0.25) is 0 Å². The van der Waals surface area contributed by atoms with Crippen molar-refractivity contribution in [3.63, 3.8) is 0 Å². The SMILES string of the molecule is COCCN(C)c1nc(OC)c(NC(=O)CC(C)(C)C)c(OC)n1. The second-order valence-electron chi connectivity index (χ2n) is 6.62. The van der Waals surface area contributed by atoms with Gasteiger partial charge < -0.3 is 24.4 Å². The maximum Gasteiger partial charge on any atom is 0.246 e. The molecule has 0 atom stereocenters. The van der Waals surface area contributed by atoms with Crippen molar-refractivity contribution in [3.05, 3.63) is 0 Å². The molecular formula is C16H28N4O4. The lowest BCUT2D eigenvalue weighted by molar-refractivity contribution is -0.117. The van der Waals surface area contributed by atoms with Crippen molar-refractivity contribution in [2.24, 2.45) is 5.41 Å². The summed E-state index contributed by atoms with van der Waals surface area (Å²) in [7, 11) is 6.44. The first-order chi connectivity index (χ1) is 11.2. The lowest BCUT2D eigenvalue weighted by Gasteiger charge is -2.21. The third-order valence-corrected chi connectivity index (χ3v) is 3.15. The molecule has 24 heavy (non-hydrogen) atoms. The number of methoxy groups -OCH3 is 3. The molecule has 0 aromatic carbocycles. The van der Waals surface area contributed by atoms with Crippen molar-refractivity contribution in [2.45, 2.75) is 27.2 Å². The molecule has 0 aliphatic rings. The van der Waals surface area contributed by atoms with Crippen molar-refractivity contribution in [1.29, 1.82) is 0 Å². The second-order valence-corrected chi connectivity index (χ2v) is 6.62. The van der Waals surface area contributed by atoms with Gasteiger partial charge in [0.1, 0.15) is 0 Å². The number of amides is 1. The molecule has 0 aliphatic carbocycles. The Labute approximate surface area is 143 Å². The van der Waals surface area contributed by atoms with Crippen LogP contribution in [0.1, 0.15) is 27.2 Å². The van der Waals surface area contributed by atoms with E-state index in [9.17, 15) is 4.79 Å². The first kappa shape index (κ1) is 20.0. The molecule has 1 rings (SSSR count). The van der Waals surface area contributed by atoms with Crippen LogP contribution in [0.3, 0.4) is 0 Å². The molecule has 1 heterocycles. The highest BCUT2D eigenvalue weighted by atomic mass is 16.5. The molecule has 0 aliphatic heterocycles. The fourth-order valence-corrected chi connectivity index (χ4v) is 1.98. The lowest BCUT2D eigenvalue weighted by Crippen LogP contribution is -2.25. The Balaban J connectivity index is 3.09. The second kappa shape index (κ2) is 8.68. The number of nitrogens with zero attached hydrogens (tertiary/aromatic N) is 3. The van der Waals surface area contributed by atoms with Gasteiger partial charge in [-0.05, 0) is 5.41 Å². The zero-order chi connectivity index (χ0) is 18.3. The van der Waals surface area contributed by atoms with Crippen molar-refractivity contribution in [1.82, 2.24) is 9.97 Å². The highest BCUT2D eigenvalue weighted by molar-refractivity contribution is 5.93. The number of carbonyl (C=O) groups excluding carboxylic acids is 1. The van der Waals surface area contributed by atoms with E-state index in [1.54, 1.807) is 7.11 Å². The molecule has 1 aromatic heterocycles. The van der Waals surface area contributed by atoms with Crippen LogP contribution in [0.25, 0.3) is 0 Å². The van der Waals surface area contributed by atoms with E-state index in [0.29, 0.717) is 31.2 Å². The molecule has 1 amide bonds. The quantitative estimate of drug-likeness (QED) is 0.774. The van der Waals surface area contributed by atoms with E-state index in [-0.39, 0.29) is 23.1 Å². The van der Waals surface area contributed by atoms with Gasteiger partial charge in [-0.3, -0.25) is 4.79 Å². The molecule has 8 heteroatoms. The Morgan fingerprint density at radius 3 is 2.08 bits per heavy atom. The van der Waals surface area contributed by atoms with E-state index in [1.807, 2.05) is 32.7 Å². The van der Waals surface area contributed by atoms with Crippen LogP contribution < -0.4 is 19.7 Å². The van der Waals surface area contributed by atoms with Gasteiger partial charge in [0.05, 0.1) is 20.8 Å². The Kier molecular flexibility index (Phi) is 7.21. The molecule has 0 saturated carbocycles. The predicted octanol–water partition coefficient (Wildman–Crippen LogP) is 1.95. The topological polar surface area (TPSA) is 85.8 Å². The summed E-state index contributed by atoms with van der Waals surface area (Å²) in [5.74, 6) is 0.782. The van der Waals surface area contributed by atoms with Crippen LogP contribution in [0, 0.1) is 5.41 Å². The molecule has 0 saturated heterocycles. The molecule has 0 fully saturated rings. The Morgan fingerprint density at radius 2 is 1.67 bits per heavy atom. The molecule has 0 spiro atoms. The molecule has 1 aromatic rings. The van der Waals surface area contributed by atoms with Gasteiger partial charge in [0.25, 0.3) is 0 Å². The number of nitrogens with one attached hydrogen (secondary N) is 1. The van der Waals surface area contributed by atoms with Crippen molar-refractivity contribution >= 4 is 17.5 Å². The van der Waals surface area contributed by atoms with Gasteiger partial charge in [-0.25, -0.2) is 0 Å². The predicted molar refractivity (Wildman–Crippen MR) is 93.0 cm³/mol. The third-order valence-electron chi connectivity index (χ3n) is 3.15. The van der Waals surface area contributed by atoms with E-state index >= 15 is 0 Å². The molecule has 1 N–H and O–H groups in total. The number of anilines is 2. The number of carbonyl (C=O) groups is 1. The molecular weight excluding hydrogens is 312 g/mol. The van der Waals surface area contributed by atoms with Crippen molar-refractivity contribution < 1.29 is 19.0 Å². The Hall–Kier alpha value is -2.09. The van der Waals surface area contributed by atoms with Gasteiger partial charge in [-0.15, -0.1) is 0 Å². The number of rotatable bonds is 8. The van der Waals surface area contributed by atoms with E-state index in [2.05, 4.69) is 15.3 Å². The number of hydrogen-bond acceptors (Lipinski definition) is 7. The van der Waals surface area contributed by atoms with Gasteiger partial charge in [-0.2, -0.15) is 9.97 Å². The maximum atomic E-state index is 12.2.